The molecule has 146 valence electrons. The summed E-state index contributed by atoms with van der Waals surface area (Å²) in [6, 6.07) is 7.15. The maximum atomic E-state index is 12.9. The van der Waals surface area contributed by atoms with Gasteiger partial charge in [0.05, 0.1) is 16.7 Å². The third-order valence-electron chi connectivity index (χ3n) is 5.18. The summed E-state index contributed by atoms with van der Waals surface area (Å²) in [5.41, 5.74) is 1.66. The Morgan fingerprint density at radius 3 is 2.30 bits per heavy atom. The molecule has 1 aliphatic heterocycles. The van der Waals surface area contributed by atoms with Gasteiger partial charge in [0.15, 0.2) is 0 Å². The molecule has 1 atom stereocenters. The molecule has 1 aliphatic rings. The van der Waals surface area contributed by atoms with Crippen LogP contribution in [0.4, 0.5) is 0 Å². The summed E-state index contributed by atoms with van der Waals surface area (Å²) in [7, 11) is -1.78. The molecule has 7 nitrogen and oxygen atoms in total. The molecule has 0 N–H and O–H groups in total. The Morgan fingerprint density at radius 2 is 1.78 bits per heavy atom. The van der Waals surface area contributed by atoms with Crippen LogP contribution in [0, 0.1) is 0 Å². The van der Waals surface area contributed by atoms with Crippen molar-refractivity contribution in [2.45, 2.75) is 31.1 Å². The molecule has 0 spiro atoms. The second-order valence-corrected chi connectivity index (χ2v) is 8.92. The van der Waals surface area contributed by atoms with Crippen molar-refractivity contribution in [3.8, 4) is 0 Å². The molecular weight excluding hydrogens is 364 g/mol. The van der Waals surface area contributed by atoms with E-state index < -0.39 is 10.0 Å². The Kier molecular flexibility index (Phi) is 5.67. The third-order valence-corrected chi connectivity index (χ3v) is 7.09. The maximum absolute atomic E-state index is 12.9. The highest BCUT2D eigenvalue weighted by atomic mass is 32.2. The number of piperazine rings is 1. The van der Waals surface area contributed by atoms with Gasteiger partial charge >= 0.3 is 0 Å². The van der Waals surface area contributed by atoms with Gasteiger partial charge in [-0.1, -0.05) is 26.0 Å². The van der Waals surface area contributed by atoms with Crippen LogP contribution in [0.15, 0.2) is 41.6 Å². The quantitative estimate of drug-likeness (QED) is 0.783. The number of sulfonamides is 1. The van der Waals surface area contributed by atoms with Crippen molar-refractivity contribution in [2.75, 3.05) is 26.2 Å². The van der Waals surface area contributed by atoms with Crippen molar-refractivity contribution in [3.63, 3.8) is 0 Å². The van der Waals surface area contributed by atoms with Gasteiger partial charge in [0, 0.05) is 39.4 Å². The molecule has 8 heteroatoms. The summed E-state index contributed by atoms with van der Waals surface area (Å²) in [5, 5.41) is 4.01. The van der Waals surface area contributed by atoms with Gasteiger partial charge in [0.25, 0.3) is 5.91 Å². The Bertz CT molecular complexity index is 897. The lowest BCUT2D eigenvalue weighted by Crippen LogP contribution is -2.50. The van der Waals surface area contributed by atoms with Gasteiger partial charge < -0.3 is 4.90 Å². The van der Waals surface area contributed by atoms with Crippen molar-refractivity contribution < 1.29 is 13.2 Å². The van der Waals surface area contributed by atoms with Crippen molar-refractivity contribution >= 4 is 15.9 Å². The first-order valence-corrected chi connectivity index (χ1v) is 10.6. The van der Waals surface area contributed by atoms with E-state index in [1.807, 2.05) is 12.1 Å². The summed E-state index contributed by atoms with van der Waals surface area (Å²) in [6.07, 6.45) is 4.22. The number of carbonyl (C=O) groups excluding carboxylic acids is 1. The summed E-state index contributed by atoms with van der Waals surface area (Å²) in [4.78, 5) is 14.5. The standard InChI is InChI=1S/C19H26N4O3S/c1-4-15(2)16-5-7-18(8-6-16)27(25,26)23-11-9-22(10-12-23)19(24)17-13-20-21(3)14-17/h5-8,13-15H,4,9-12H2,1-3H3/t15-/m1/s1. The number of hydrogen-bond acceptors (Lipinski definition) is 4. The normalized spacial score (nSPS) is 17.1. The Balaban J connectivity index is 1.66. The number of aryl methyl sites for hydroxylation is 1. The monoisotopic (exact) mass is 390 g/mol. The minimum atomic E-state index is -3.54. The summed E-state index contributed by atoms with van der Waals surface area (Å²) >= 11 is 0. The highest BCUT2D eigenvalue weighted by Gasteiger charge is 2.30. The molecule has 0 aliphatic carbocycles. The SMILES string of the molecule is CC[C@@H](C)c1ccc(S(=O)(=O)N2CCN(C(=O)c3cnn(C)c3)CC2)cc1. The topological polar surface area (TPSA) is 75.5 Å². The van der Waals surface area contributed by atoms with Gasteiger partial charge in [0.1, 0.15) is 0 Å². The first-order chi connectivity index (χ1) is 12.8. The number of aromatic nitrogens is 2. The summed E-state index contributed by atoms with van der Waals surface area (Å²) in [5.74, 6) is 0.293. The van der Waals surface area contributed by atoms with Gasteiger partial charge in [-0.25, -0.2) is 8.42 Å². The first kappa shape index (κ1) is 19.6. The zero-order valence-electron chi connectivity index (χ0n) is 16.0. The van der Waals surface area contributed by atoms with E-state index in [2.05, 4.69) is 18.9 Å². The lowest BCUT2D eigenvalue weighted by Gasteiger charge is -2.33. The smallest absolute Gasteiger partial charge is 0.257 e. The zero-order valence-corrected chi connectivity index (χ0v) is 16.8. The van der Waals surface area contributed by atoms with E-state index in [0.717, 1.165) is 12.0 Å². The Hall–Kier alpha value is -2.19. The molecule has 1 amide bonds. The van der Waals surface area contributed by atoms with Crippen LogP contribution < -0.4 is 0 Å². The molecule has 1 aromatic carbocycles. The van der Waals surface area contributed by atoms with Gasteiger partial charge in [-0.05, 0) is 30.0 Å². The van der Waals surface area contributed by atoms with E-state index >= 15 is 0 Å². The highest BCUT2D eigenvalue weighted by Crippen LogP contribution is 2.23. The van der Waals surface area contributed by atoms with Gasteiger partial charge in [-0.15, -0.1) is 0 Å². The summed E-state index contributed by atoms with van der Waals surface area (Å²) in [6.45, 7) is 5.57. The second kappa shape index (κ2) is 7.82. The van der Waals surface area contributed by atoms with E-state index in [1.54, 1.807) is 35.0 Å². The van der Waals surface area contributed by atoms with Crippen LogP contribution in [0.25, 0.3) is 0 Å². The molecule has 1 aromatic heterocycles. The van der Waals surface area contributed by atoms with E-state index in [-0.39, 0.29) is 5.91 Å². The molecule has 1 saturated heterocycles. The number of benzene rings is 1. The Labute approximate surface area is 160 Å². The maximum Gasteiger partial charge on any atom is 0.257 e. The van der Waals surface area contributed by atoms with Crippen LogP contribution in [-0.2, 0) is 17.1 Å². The molecule has 27 heavy (non-hydrogen) atoms. The summed E-state index contributed by atoms with van der Waals surface area (Å²) < 4.78 is 28.8. The predicted molar refractivity (Wildman–Crippen MR) is 103 cm³/mol. The molecule has 3 rings (SSSR count). The first-order valence-electron chi connectivity index (χ1n) is 9.21. The minimum Gasteiger partial charge on any atom is -0.336 e. The van der Waals surface area contributed by atoms with Crippen LogP contribution >= 0.6 is 0 Å². The molecule has 2 aromatic rings. The average Bonchev–Trinajstić information content (AvgIpc) is 3.13. The molecule has 0 unspecified atom stereocenters. The molecule has 0 saturated carbocycles. The molecular formula is C19H26N4O3S. The van der Waals surface area contributed by atoms with Gasteiger partial charge in [-0.3, -0.25) is 9.48 Å². The van der Waals surface area contributed by atoms with Crippen molar-refractivity contribution in [2.24, 2.45) is 7.05 Å². The van der Waals surface area contributed by atoms with E-state index in [0.29, 0.717) is 42.6 Å². The average molecular weight is 391 g/mol. The van der Waals surface area contributed by atoms with Crippen LogP contribution in [0.5, 0.6) is 0 Å². The number of carbonyl (C=O) groups is 1. The predicted octanol–water partition coefficient (Wildman–Crippen LogP) is 2.08. The number of amides is 1. The number of rotatable bonds is 5. The number of hydrogen-bond donors (Lipinski definition) is 0. The van der Waals surface area contributed by atoms with Crippen LogP contribution in [0.3, 0.4) is 0 Å². The molecule has 1 fully saturated rings. The van der Waals surface area contributed by atoms with E-state index in [1.165, 1.54) is 10.5 Å². The van der Waals surface area contributed by atoms with Crippen LogP contribution in [-0.4, -0.2) is 59.5 Å². The van der Waals surface area contributed by atoms with Crippen molar-refractivity contribution in [1.29, 1.82) is 0 Å². The van der Waals surface area contributed by atoms with Crippen LogP contribution in [0.2, 0.25) is 0 Å². The van der Waals surface area contributed by atoms with Crippen LogP contribution in [0.1, 0.15) is 42.1 Å². The fourth-order valence-corrected chi connectivity index (χ4v) is 4.62. The zero-order chi connectivity index (χ0) is 19.6. The molecule has 0 radical (unpaired) electrons. The fraction of sp³-hybridized carbons (Fsp3) is 0.474. The van der Waals surface area contributed by atoms with Gasteiger partial charge in [-0.2, -0.15) is 9.40 Å². The van der Waals surface area contributed by atoms with Crippen molar-refractivity contribution in [1.82, 2.24) is 19.0 Å². The number of nitrogens with zero attached hydrogens (tertiary/aromatic N) is 4. The highest BCUT2D eigenvalue weighted by molar-refractivity contribution is 7.89. The minimum absolute atomic E-state index is 0.113. The lowest BCUT2D eigenvalue weighted by molar-refractivity contribution is 0.0698. The van der Waals surface area contributed by atoms with Gasteiger partial charge in [0.2, 0.25) is 10.0 Å². The molecule has 2 heterocycles. The Morgan fingerprint density at radius 1 is 1.15 bits per heavy atom. The largest absolute Gasteiger partial charge is 0.336 e. The fourth-order valence-electron chi connectivity index (χ4n) is 3.20. The lowest BCUT2D eigenvalue weighted by atomic mass is 9.99. The van der Waals surface area contributed by atoms with Crippen molar-refractivity contribution in [3.05, 3.63) is 47.8 Å². The molecule has 0 bridgehead atoms. The van der Waals surface area contributed by atoms with E-state index in [4.69, 9.17) is 0 Å². The third kappa shape index (κ3) is 4.06. The second-order valence-electron chi connectivity index (χ2n) is 6.98. The van der Waals surface area contributed by atoms with E-state index in [9.17, 15) is 13.2 Å².